The number of likely N-dealkylation sites (tertiary alicyclic amines) is 1. The Hall–Kier alpha value is -1.47. The molecule has 1 aromatic heterocycles. The molecule has 1 aliphatic carbocycles. The number of hydrogen-bond donors (Lipinski definition) is 1. The van der Waals surface area contributed by atoms with Gasteiger partial charge >= 0.3 is 0 Å². The SMILES string of the molecule is CN(C)CCN1CC(C(=O)NCc2nc3c(s2)CCCC3)CCC1=O. The highest BCUT2D eigenvalue weighted by atomic mass is 32.1. The number of hydrogen-bond acceptors (Lipinski definition) is 5. The largest absolute Gasteiger partial charge is 0.349 e. The summed E-state index contributed by atoms with van der Waals surface area (Å²) >= 11 is 1.74. The molecule has 1 N–H and O–H groups in total. The van der Waals surface area contributed by atoms with E-state index in [9.17, 15) is 9.59 Å². The first-order chi connectivity index (χ1) is 12.0. The number of likely N-dealkylation sites (N-methyl/N-ethyl adjacent to an activating group) is 1. The van der Waals surface area contributed by atoms with Crippen molar-refractivity contribution in [2.45, 2.75) is 45.1 Å². The Kier molecular flexibility index (Phi) is 6.06. The van der Waals surface area contributed by atoms with Gasteiger partial charge in [-0.05, 0) is 46.2 Å². The third-order valence-corrected chi connectivity index (χ3v) is 6.15. The molecule has 1 unspecified atom stereocenters. The van der Waals surface area contributed by atoms with E-state index in [2.05, 4.69) is 15.2 Å². The van der Waals surface area contributed by atoms with Crippen LogP contribution < -0.4 is 5.32 Å². The van der Waals surface area contributed by atoms with Crippen molar-refractivity contribution in [2.75, 3.05) is 33.7 Å². The predicted molar refractivity (Wildman–Crippen MR) is 98.5 cm³/mol. The maximum atomic E-state index is 12.5. The summed E-state index contributed by atoms with van der Waals surface area (Å²) in [6.45, 7) is 2.56. The standard InChI is InChI=1S/C18H28N4O2S/c1-21(2)9-10-22-12-13(7-8-17(22)23)18(24)19-11-16-20-14-5-3-4-6-15(14)25-16/h13H,3-12H2,1-2H3,(H,19,24). The first kappa shape index (κ1) is 18.3. The molecule has 2 heterocycles. The van der Waals surface area contributed by atoms with E-state index in [1.807, 2.05) is 19.0 Å². The van der Waals surface area contributed by atoms with E-state index in [-0.39, 0.29) is 17.7 Å². The van der Waals surface area contributed by atoms with Crippen molar-refractivity contribution in [3.05, 3.63) is 15.6 Å². The van der Waals surface area contributed by atoms with E-state index >= 15 is 0 Å². The Labute approximate surface area is 153 Å². The van der Waals surface area contributed by atoms with Gasteiger partial charge in [0.1, 0.15) is 5.01 Å². The normalized spacial score (nSPS) is 20.7. The summed E-state index contributed by atoms with van der Waals surface area (Å²) < 4.78 is 0. The summed E-state index contributed by atoms with van der Waals surface area (Å²) in [7, 11) is 3.98. The number of piperidine rings is 1. The number of fused-ring (bicyclic) bond motifs is 1. The molecular formula is C18H28N4O2S. The minimum Gasteiger partial charge on any atom is -0.349 e. The van der Waals surface area contributed by atoms with Gasteiger partial charge in [0.2, 0.25) is 11.8 Å². The number of aromatic nitrogens is 1. The number of nitrogens with one attached hydrogen (secondary N) is 1. The quantitative estimate of drug-likeness (QED) is 0.829. The number of carbonyl (C=O) groups excluding carboxylic acids is 2. The number of nitrogens with zero attached hydrogens (tertiary/aromatic N) is 3. The van der Waals surface area contributed by atoms with Crippen molar-refractivity contribution in [2.24, 2.45) is 5.92 Å². The molecule has 0 radical (unpaired) electrons. The van der Waals surface area contributed by atoms with Crippen LogP contribution in [0.25, 0.3) is 0 Å². The van der Waals surface area contributed by atoms with Crippen LogP contribution in [0.5, 0.6) is 0 Å². The number of carbonyl (C=O) groups is 2. The van der Waals surface area contributed by atoms with Crippen LogP contribution in [0.3, 0.4) is 0 Å². The number of amides is 2. The third-order valence-electron chi connectivity index (χ3n) is 4.99. The van der Waals surface area contributed by atoms with Crippen LogP contribution >= 0.6 is 11.3 Å². The van der Waals surface area contributed by atoms with E-state index in [0.29, 0.717) is 32.5 Å². The van der Waals surface area contributed by atoms with Crippen LogP contribution in [0.15, 0.2) is 0 Å². The molecular weight excluding hydrogens is 336 g/mol. The summed E-state index contributed by atoms with van der Waals surface area (Å²) in [5.41, 5.74) is 1.23. The van der Waals surface area contributed by atoms with Crippen LogP contribution in [0.1, 0.15) is 41.3 Å². The molecule has 6 nitrogen and oxygen atoms in total. The van der Waals surface area contributed by atoms with E-state index in [1.54, 1.807) is 11.3 Å². The Morgan fingerprint density at radius 1 is 1.32 bits per heavy atom. The molecule has 0 aromatic carbocycles. The van der Waals surface area contributed by atoms with Gasteiger partial charge in [0.05, 0.1) is 18.2 Å². The third kappa shape index (κ3) is 4.79. The molecule has 1 atom stereocenters. The van der Waals surface area contributed by atoms with Crippen molar-refractivity contribution < 1.29 is 9.59 Å². The van der Waals surface area contributed by atoms with Gasteiger partial charge in [-0.1, -0.05) is 0 Å². The second-order valence-electron chi connectivity index (χ2n) is 7.28. The molecule has 3 rings (SSSR count). The minimum atomic E-state index is -0.102. The fourth-order valence-corrected chi connectivity index (χ4v) is 4.55. The van der Waals surface area contributed by atoms with Crippen LogP contribution in [-0.4, -0.2) is 60.3 Å². The van der Waals surface area contributed by atoms with E-state index in [0.717, 1.165) is 24.4 Å². The molecule has 138 valence electrons. The summed E-state index contributed by atoms with van der Waals surface area (Å²) in [6.07, 6.45) is 5.80. The van der Waals surface area contributed by atoms with Gasteiger partial charge in [0.25, 0.3) is 0 Å². The average Bonchev–Trinajstić information content (AvgIpc) is 3.01. The summed E-state index contributed by atoms with van der Waals surface area (Å²) in [4.78, 5) is 34.5. The smallest absolute Gasteiger partial charge is 0.225 e. The topological polar surface area (TPSA) is 65.5 Å². The molecule has 2 amide bonds. The maximum absolute atomic E-state index is 12.5. The van der Waals surface area contributed by atoms with E-state index in [1.165, 1.54) is 23.4 Å². The first-order valence-corrected chi connectivity index (χ1v) is 10.0. The van der Waals surface area contributed by atoms with Gasteiger partial charge in [-0.25, -0.2) is 4.98 Å². The average molecular weight is 365 g/mol. The summed E-state index contributed by atoms with van der Waals surface area (Å²) in [5, 5.41) is 4.05. The lowest BCUT2D eigenvalue weighted by molar-refractivity contribution is -0.138. The molecule has 1 saturated heterocycles. The van der Waals surface area contributed by atoms with Crippen molar-refractivity contribution in [3.8, 4) is 0 Å². The monoisotopic (exact) mass is 364 g/mol. The lowest BCUT2D eigenvalue weighted by Crippen LogP contribution is -2.47. The molecule has 1 fully saturated rings. The van der Waals surface area contributed by atoms with E-state index < -0.39 is 0 Å². The van der Waals surface area contributed by atoms with Crippen LogP contribution in [-0.2, 0) is 29.0 Å². The zero-order valence-electron chi connectivity index (χ0n) is 15.2. The fraction of sp³-hybridized carbons (Fsp3) is 0.722. The minimum absolute atomic E-state index is 0.0514. The van der Waals surface area contributed by atoms with E-state index in [4.69, 9.17) is 0 Å². The number of aryl methyl sites for hydroxylation is 2. The summed E-state index contributed by atoms with van der Waals surface area (Å²) in [6, 6.07) is 0. The molecule has 1 aromatic rings. The van der Waals surface area contributed by atoms with Gasteiger partial charge < -0.3 is 15.1 Å². The van der Waals surface area contributed by atoms with Gasteiger partial charge in [0, 0.05) is 30.9 Å². The zero-order chi connectivity index (χ0) is 17.8. The molecule has 25 heavy (non-hydrogen) atoms. The van der Waals surface area contributed by atoms with Gasteiger partial charge in [-0.3, -0.25) is 9.59 Å². The van der Waals surface area contributed by atoms with Crippen LogP contribution in [0.4, 0.5) is 0 Å². The second-order valence-corrected chi connectivity index (χ2v) is 8.45. The van der Waals surface area contributed by atoms with Crippen molar-refractivity contribution in [1.82, 2.24) is 20.1 Å². The molecule has 0 spiro atoms. The molecule has 0 bridgehead atoms. The highest BCUT2D eigenvalue weighted by Gasteiger charge is 2.30. The fourth-order valence-electron chi connectivity index (χ4n) is 3.45. The first-order valence-electron chi connectivity index (χ1n) is 9.20. The van der Waals surface area contributed by atoms with Crippen LogP contribution in [0, 0.1) is 5.92 Å². The van der Waals surface area contributed by atoms with Crippen molar-refractivity contribution >= 4 is 23.2 Å². The Morgan fingerprint density at radius 2 is 2.12 bits per heavy atom. The Bertz CT molecular complexity index is 605. The molecule has 2 aliphatic rings. The van der Waals surface area contributed by atoms with Gasteiger partial charge in [0.15, 0.2) is 0 Å². The predicted octanol–water partition coefficient (Wildman–Crippen LogP) is 1.44. The molecule has 0 saturated carbocycles. The zero-order valence-corrected chi connectivity index (χ0v) is 16.0. The van der Waals surface area contributed by atoms with Gasteiger partial charge in [-0.2, -0.15) is 0 Å². The van der Waals surface area contributed by atoms with Crippen LogP contribution in [0.2, 0.25) is 0 Å². The highest BCUT2D eigenvalue weighted by molar-refractivity contribution is 7.11. The lowest BCUT2D eigenvalue weighted by atomic mass is 9.96. The maximum Gasteiger partial charge on any atom is 0.225 e. The van der Waals surface area contributed by atoms with Gasteiger partial charge in [-0.15, -0.1) is 11.3 Å². The number of thiazole rings is 1. The van der Waals surface area contributed by atoms with Crippen molar-refractivity contribution in [3.63, 3.8) is 0 Å². The summed E-state index contributed by atoms with van der Waals surface area (Å²) in [5.74, 6) is 0.114. The highest BCUT2D eigenvalue weighted by Crippen LogP contribution is 2.26. The molecule has 1 aliphatic heterocycles. The second kappa shape index (κ2) is 8.27. The number of rotatable bonds is 6. The Morgan fingerprint density at radius 3 is 2.88 bits per heavy atom. The van der Waals surface area contributed by atoms with Crippen molar-refractivity contribution in [1.29, 1.82) is 0 Å². The lowest BCUT2D eigenvalue weighted by Gasteiger charge is -2.32. The Balaban J connectivity index is 1.50. The molecule has 7 heteroatoms.